The molecule has 9 heteroatoms. The van der Waals surface area contributed by atoms with Crippen LogP contribution in [0.15, 0.2) is 40.1 Å². The number of thioether (sulfide) groups is 1. The number of hydrogen-bond donors (Lipinski definition) is 1. The third kappa shape index (κ3) is 3.88. The Morgan fingerprint density at radius 3 is 2.71 bits per heavy atom. The molecule has 0 atom stereocenters. The lowest BCUT2D eigenvalue weighted by Crippen LogP contribution is -2.47. The van der Waals surface area contributed by atoms with E-state index in [4.69, 9.17) is 0 Å². The summed E-state index contributed by atoms with van der Waals surface area (Å²) in [5.74, 6) is 0.176. The molecule has 1 saturated carbocycles. The summed E-state index contributed by atoms with van der Waals surface area (Å²) in [4.78, 5) is 13.4. The zero-order valence-corrected chi connectivity index (χ0v) is 18.3. The third-order valence-electron chi connectivity index (χ3n) is 4.92. The van der Waals surface area contributed by atoms with Crippen molar-refractivity contribution in [1.29, 1.82) is 0 Å². The summed E-state index contributed by atoms with van der Waals surface area (Å²) in [6.45, 7) is 7.28. The van der Waals surface area contributed by atoms with E-state index < -0.39 is 20.5 Å². The van der Waals surface area contributed by atoms with Crippen LogP contribution in [0.4, 0.5) is 5.13 Å². The number of nitrogens with one attached hydrogen (secondary N) is 1. The molecule has 0 saturated heterocycles. The van der Waals surface area contributed by atoms with Crippen LogP contribution in [-0.4, -0.2) is 35.0 Å². The van der Waals surface area contributed by atoms with Gasteiger partial charge in [0.2, 0.25) is 11.0 Å². The fourth-order valence-electron chi connectivity index (χ4n) is 3.43. The van der Waals surface area contributed by atoms with Crippen molar-refractivity contribution in [2.24, 2.45) is 0 Å². The van der Waals surface area contributed by atoms with E-state index >= 15 is 0 Å². The molecule has 1 aliphatic carbocycles. The maximum atomic E-state index is 13.6. The lowest BCUT2D eigenvalue weighted by Gasteiger charge is -2.28. The average molecular weight is 438 g/mol. The number of aryl methyl sites for hydroxylation is 2. The topological polar surface area (TPSA) is 89.0 Å². The Labute approximate surface area is 173 Å². The van der Waals surface area contributed by atoms with Gasteiger partial charge in [-0.1, -0.05) is 54.1 Å². The van der Waals surface area contributed by atoms with Gasteiger partial charge in [0.15, 0.2) is 18.9 Å². The molecule has 6 nitrogen and oxygen atoms in total. The van der Waals surface area contributed by atoms with E-state index in [0.717, 1.165) is 5.56 Å². The minimum Gasteiger partial charge on any atom is -0.299 e. The second-order valence-electron chi connectivity index (χ2n) is 6.90. The second kappa shape index (κ2) is 8.34. The van der Waals surface area contributed by atoms with Crippen molar-refractivity contribution >= 4 is 44.0 Å². The van der Waals surface area contributed by atoms with Crippen molar-refractivity contribution in [3.05, 3.63) is 42.0 Å². The highest BCUT2D eigenvalue weighted by Gasteiger charge is 2.53. The number of benzene rings is 1. The summed E-state index contributed by atoms with van der Waals surface area (Å²) in [6, 6.07) is 5.32. The van der Waals surface area contributed by atoms with E-state index in [1.54, 1.807) is 25.1 Å². The highest BCUT2D eigenvalue weighted by Crippen LogP contribution is 2.42. The maximum Gasteiger partial charge on any atom is 0.248 e. The van der Waals surface area contributed by atoms with Gasteiger partial charge in [-0.15, -0.1) is 16.8 Å². The van der Waals surface area contributed by atoms with E-state index in [0.29, 0.717) is 46.5 Å². The predicted octanol–water partition coefficient (Wildman–Crippen LogP) is 4.16. The summed E-state index contributed by atoms with van der Waals surface area (Å²) in [5, 5.41) is 11.0. The quantitative estimate of drug-likeness (QED) is 0.397. The standard InChI is InChI=1S/C19H23N3O3S3/c1-4-11-26-18-22-21-17(27-18)20-16(23)19(9-5-6-10-19)28(24,25)15-12-13(2)7-8-14(15)3/h4,7-8,12H,1,5-6,9-11H2,2-3H3,(H,20,21,23). The second-order valence-corrected chi connectivity index (χ2v) is 11.4. The van der Waals surface area contributed by atoms with Crippen molar-refractivity contribution in [2.75, 3.05) is 11.1 Å². The van der Waals surface area contributed by atoms with Crippen LogP contribution in [0.5, 0.6) is 0 Å². The van der Waals surface area contributed by atoms with E-state index in [2.05, 4.69) is 22.1 Å². The number of aromatic nitrogens is 2. The predicted molar refractivity (Wildman–Crippen MR) is 114 cm³/mol. The average Bonchev–Trinajstić information content (AvgIpc) is 3.32. The lowest BCUT2D eigenvalue weighted by atomic mass is 10.1. The fourth-order valence-corrected chi connectivity index (χ4v) is 7.31. The van der Waals surface area contributed by atoms with Crippen LogP contribution in [0.3, 0.4) is 0 Å². The maximum absolute atomic E-state index is 13.6. The van der Waals surface area contributed by atoms with Crippen molar-refractivity contribution in [1.82, 2.24) is 10.2 Å². The van der Waals surface area contributed by atoms with Crippen LogP contribution in [-0.2, 0) is 14.6 Å². The molecule has 0 spiro atoms. The Kier molecular flexibility index (Phi) is 6.26. The van der Waals surface area contributed by atoms with Crippen LogP contribution in [0.1, 0.15) is 36.8 Å². The Balaban J connectivity index is 1.93. The summed E-state index contributed by atoms with van der Waals surface area (Å²) in [6.07, 6.45) is 3.79. The largest absolute Gasteiger partial charge is 0.299 e. The SMILES string of the molecule is C=CCSc1nnc(NC(=O)C2(S(=O)(=O)c3cc(C)ccc3C)CCCC2)s1. The zero-order valence-electron chi connectivity index (χ0n) is 15.9. The number of amides is 1. The third-order valence-corrected chi connectivity index (χ3v) is 9.53. The normalized spacial score (nSPS) is 16.1. The molecule has 1 amide bonds. The van der Waals surface area contributed by atoms with Gasteiger partial charge in [-0.05, 0) is 43.9 Å². The van der Waals surface area contributed by atoms with Gasteiger partial charge in [0.05, 0.1) is 4.90 Å². The molecule has 150 valence electrons. The number of rotatable bonds is 7. The molecule has 1 aliphatic rings. The molecule has 0 bridgehead atoms. The van der Waals surface area contributed by atoms with Crippen LogP contribution >= 0.6 is 23.1 Å². The fraction of sp³-hybridized carbons (Fsp3) is 0.421. The van der Waals surface area contributed by atoms with Gasteiger partial charge >= 0.3 is 0 Å². The van der Waals surface area contributed by atoms with Crippen molar-refractivity contribution in [2.45, 2.75) is 53.5 Å². The summed E-state index contributed by atoms with van der Waals surface area (Å²) in [7, 11) is -3.85. The molecule has 1 aromatic carbocycles. The Bertz CT molecular complexity index is 993. The first kappa shape index (κ1) is 21.0. The molecule has 3 rings (SSSR count). The number of hydrogen-bond acceptors (Lipinski definition) is 7. The molecule has 0 radical (unpaired) electrons. The van der Waals surface area contributed by atoms with E-state index in [9.17, 15) is 13.2 Å². The molecule has 0 unspecified atom stereocenters. The van der Waals surface area contributed by atoms with Crippen LogP contribution < -0.4 is 5.32 Å². The first-order valence-electron chi connectivity index (χ1n) is 9.01. The molecule has 2 aromatic rings. The molecular formula is C19H23N3O3S3. The van der Waals surface area contributed by atoms with Crippen molar-refractivity contribution in [3.8, 4) is 0 Å². The van der Waals surface area contributed by atoms with Crippen molar-refractivity contribution in [3.63, 3.8) is 0 Å². The number of sulfone groups is 1. The molecule has 28 heavy (non-hydrogen) atoms. The van der Waals surface area contributed by atoms with E-state index in [1.807, 2.05) is 13.0 Å². The molecule has 1 aromatic heterocycles. The highest BCUT2D eigenvalue weighted by molar-refractivity contribution is 8.01. The summed E-state index contributed by atoms with van der Waals surface area (Å²) >= 11 is 2.70. The van der Waals surface area contributed by atoms with Gasteiger partial charge in [-0.3, -0.25) is 10.1 Å². The smallest absolute Gasteiger partial charge is 0.248 e. The van der Waals surface area contributed by atoms with E-state index in [1.165, 1.54) is 23.1 Å². The first-order chi connectivity index (χ1) is 13.3. The number of anilines is 1. The van der Waals surface area contributed by atoms with E-state index in [-0.39, 0.29) is 4.90 Å². The molecule has 0 aliphatic heterocycles. The molecule has 1 fully saturated rings. The highest BCUT2D eigenvalue weighted by atomic mass is 32.2. The molecule has 1 heterocycles. The molecule has 1 N–H and O–H groups in total. The number of carbonyl (C=O) groups excluding carboxylic acids is 1. The summed E-state index contributed by atoms with van der Waals surface area (Å²) < 4.78 is 26.4. The van der Waals surface area contributed by atoms with Gasteiger partial charge in [-0.2, -0.15) is 0 Å². The van der Waals surface area contributed by atoms with Gasteiger partial charge in [0.1, 0.15) is 0 Å². The van der Waals surface area contributed by atoms with Crippen LogP contribution in [0.2, 0.25) is 0 Å². The Morgan fingerprint density at radius 2 is 2.04 bits per heavy atom. The lowest BCUT2D eigenvalue weighted by molar-refractivity contribution is -0.118. The Hall–Kier alpha value is -1.71. The Morgan fingerprint density at radius 1 is 1.32 bits per heavy atom. The summed E-state index contributed by atoms with van der Waals surface area (Å²) in [5.41, 5.74) is 1.51. The van der Waals surface area contributed by atoms with Gasteiger partial charge in [0.25, 0.3) is 0 Å². The molecular weight excluding hydrogens is 414 g/mol. The van der Waals surface area contributed by atoms with Gasteiger partial charge < -0.3 is 0 Å². The minimum absolute atomic E-state index is 0.240. The van der Waals surface area contributed by atoms with Crippen molar-refractivity contribution < 1.29 is 13.2 Å². The monoisotopic (exact) mass is 437 g/mol. The number of nitrogens with zero attached hydrogens (tertiary/aromatic N) is 2. The zero-order chi connectivity index (χ0) is 20.4. The van der Waals surface area contributed by atoms with Gasteiger partial charge in [-0.25, -0.2) is 8.42 Å². The minimum atomic E-state index is -3.85. The van der Waals surface area contributed by atoms with Gasteiger partial charge in [0, 0.05) is 5.75 Å². The van der Waals surface area contributed by atoms with Crippen LogP contribution in [0.25, 0.3) is 0 Å². The van der Waals surface area contributed by atoms with Crippen LogP contribution in [0, 0.1) is 13.8 Å². The number of carbonyl (C=O) groups is 1. The first-order valence-corrected chi connectivity index (χ1v) is 12.3.